The van der Waals surface area contributed by atoms with Crippen LogP contribution in [0.15, 0.2) is 30.3 Å². The Labute approximate surface area is 73.4 Å². The smallest absolute Gasteiger partial charge is 0.212 e. The fourth-order valence-corrected chi connectivity index (χ4v) is 0.922. The van der Waals surface area contributed by atoms with E-state index in [-0.39, 0.29) is 5.91 Å². The maximum Gasteiger partial charge on any atom is 0.212 e. The van der Waals surface area contributed by atoms with Gasteiger partial charge < -0.3 is 5.32 Å². The summed E-state index contributed by atoms with van der Waals surface area (Å²) in [5.74, 6) is 0.0962. The Balaban J connectivity index is 2.38. The average Bonchev–Trinajstić information content (AvgIpc) is 2.16. The van der Waals surface area contributed by atoms with Gasteiger partial charge in [0, 0.05) is 6.54 Å². The fourth-order valence-electron chi connectivity index (χ4n) is 0.922. The molecule has 0 fully saturated rings. The third kappa shape index (κ3) is 2.78. The molecule has 0 unspecified atom stereocenters. The van der Waals surface area contributed by atoms with Gasteiger partial charge in [-0.15, -0.1) is 0 Å². The van der Waals surface area contributed by atoms with Gasteiger partial charge in [-0.25, -0.2) is 0 Å². The van der Waals surface area contributed by atoms with E-state index in [9.17, 15) is 4.79 Å². The predicted molar refractivity (Wildman–Crippen MR) is 51.6 cm³/mol. The van der Waals surface area contributed by atoms with Crippen LogP contribution in [0, 0.1) is 0 Å². The summed E-state index contributed by atoms with van der Waals surface area (Å²) in [7, 11) is 1.85. The third-order valence-electron chi connectivity index (χ3n) is 1.65. The van der Waals surface area contributed by atoms with Crippen LogP contribution in [0.2, 0.25) is 6.32 Å². The van der Waals surface area contributed by atoms with Crippen molar-refractivity contribution in [3.63, 3.8) is 0 Å². The van der Waals surface area contributed by atoms with E-state index in [1.807, 2.05) is 38.2 Å². The number of benzene rings is 1. The van der Waals surface area contributed by atoms with Crippen molar-refractivity contribution in [2.75, 3.05) is 0 Å². The van der Waals surface area contributed by atoms with Crippen molar-refractivity contribution in [1.29, 1.82) is 0 Å². The summed E-state index contributed by atoms with van der Waals surface area (Å²) in [6.07, 6.45) is 0.548. The monoisotopic (exact) mass is 161 g/mol. The zero-order valence-electron chi connectivity index (χ0n) is 7.21. The first-order chi connectivity index (χ1) is 5.83. The standard InChI is InChI=1S/C9H12BNO/c10-6-9(12)11-7-8-4-2-1-3-5-8/h1-5H,6-7,10H2,(H,11,12). The van der Waals surface area contributed by atoms with Gasteiger partial charge in [-0.05, 0) is 11.9 Å². The maximum atomic E-state index is 10.9. The Hall–Kier alpha value is -1.25. The van der Waals surface area contributed by atoms with Gasteiger partial charge in [0.25, 0.3) is 0 Å². The molecule has 0 aliphatic rings. The average molecular weight is 161 g/mol. The number of nitrogens with one attached hydrogen (secondary N) is 1. The minimum absolute atomic E-state index is 0.0962. The first-order valence-corrected chi connectivity index (χ1v) is 4.13. The van der Waals surface area contributed by atoms with E-state index >= 15 is 0 Å². The van der Waals surface area contributed by atoms with Gasteiger partial charge >= 0.3 is 0 Å². The van der Waals surface area contributed by atoms with Crippen molar-refractivity contribution in [2.45, 2.75) is 12.9 Å². The second-order valence-electron chi connectivity index (χ2n) is 2.62. The molecule has 1 rings (SSSR count). The van der Waals surface area contributed by atoms with Crippen molar-refractivity contribution in [3.05, 3.63) is 35.9 Å². The molecule has 0 radical (unpaired) electrons. The number of amides is 1. The van der Waals surface area contributed by atoms with Crippen LogP contribution in [0.3, 0.4) is 0 Å². The zero-order chi connectivity index (χ0) is 8.81. The molecule has 0 saturated carbocycles. The normalized spacial score (nSPS) is 9.33. The van der Waals surface area contributed by atoms with E-state index in [1.54, 1.807) is 0 Å². The lowest BCUT2D eigenvalue weighted by molar-refractivity contribution is -0.119. The lowest BCUT2D eigenvalue weighted by atomic mass is 10.1. The van der Waals surface area contributed by atoms with Crippen LogP contribution in [0.5, 0.6) is 0 Å². The zero-order valence-corrected chi connectivity index (χ0v) is 7.21. The lowest BCUT2D eigenvalue weighted by Gasteiger charge is -2.02. The van der Waals surface area contributed by atoms with Gasteiger partial charge in [-0.1, -0.05) is 30.3 Å². The molecule has 62 valence electrons. The second kappa shape index (κ2) is 4.60. The summed E-state index contributed by atoms with van der Waals surface area (Å²) >= 11 is 0. The summed E-state index contributed by atoms with van der Waals surface area (Å²) in [4.78, 5) is 10.9. The molecule has 3 heteroatoms. The maximum absolute atomic E-state index is 10.9. The van der Waals surface area contributed by atoms with Gasteiger partial charge in [0.05, 0.1) is 0 Å². The molecule has 0 aliphatic carbocycles. The predicted octanol–water partition coefficient (Wildman–Crippen LogP) is 0.354. The molecular weight excluding hydrogens is 149 g/mol. The van der Waals surface area contributed by atoms with Crippen LogP contribution in [0.25, 0.3) is 0 Å². The molecule has 0 atom stereocenters. The van der Waals surface area contributed by atoms with E-state index in [1.165, 1.54) is 0 Å². The Morgan fingerprint density at radius 1 is 1.33 bits per heavy atom. The fraction of sp³-hybridized carbons (Fsp3) is 0.222. The molecule has 0 spiro atoms. The number of rotatable bonds is 3. The molecule has 0 heterocycles. The van der Waals surface area contributed by atoms with E-state index in [4.69, 9.17) is 0 Å². The molecule has 0 saturated heterocycles. The number of hydrogen-bond acceptors (Lipinski definition) is 1. The minimum Gasteiger partial charge on any atom is -0.353 e. The summed E-state index contributed by atoms with van der Waals surface area (Å²) in [5, 5.41) is 2.81. The third-order valence-corrected chi connectivity index (χ3v) is 1.65. The summed E-state index contributed by atoms with van der Waals surface area (Å²) in [6.45, 7) is 0.632. The van der Waals surface area contributed by atoms with Crippen LogP contribution in [-0.4, -0.2) is 13.8 Å². The van der Waals surface area contributed by atoms with Crippen LogP contribution < -0.4 is 5.32 Å². The highest BCUT2D eigenvalue weighted by Crippen LogP contribution is 1.96. The minimum atomic E-state index is 0.0962. The molecular formula is C9H12BNO. The van der Waals surface area contributed by atoms with Crippen LogP contribution in [-0.2, 0) is 11.3 Å². The van der Waals surface area contributed by atoms with E-state index in [0.717, 1.165) is 5.56 Å². The Morgan fingerprint density at radius 3 is 2.58 bits per heavy atom. The van der Waals surface area contributed by atoms with Crippen molar-refractivity contribution in [1.82, 2.24) is 5.32 Å². The second-order valence-corrected chi connectivity index (χ2v) is 2.62. The topological polar surface area (TPSA) is 29.1 Å². The molecule has 1 aromatic rings. The SMILES string of the molecule is BCC(=O)NCc1ccccc1. The molecule has 1 aromatic carbocycles. The van der Waals surface area contributed by atoms with Crippen LogP contribution in [0.1, 0.15) is 5.56 Å². The summed E-state index contributed by atoms with van der Waals surface area (Å²) in [6, 6.07) is 9.89. The van der Waals surface area contributed by atoms with Gasteiger partial charge in [0.1, 0.15) is 7.85 Å². The van der Waals surface area contributed by atoms with Crippen LogP contribution >= 0.6 is 0 Å². The Morgan fingerprint density at radius 2 is 2.00 bits per heavy atom. The number of hydrogen-bond donors (Lipinski definition) is 1. The van der Waals surface area contributed by atoms with Crippen molar-refractivity contribution >= 4 is 13.8 Å². The highest BCUT2D eigenvalue weighted by Gasteiger charge is 1.95. The Bertz CT molecular complexity index is 248. The summed E-state index contributed by atoms with van der Waals surface area (Å²) < 4.78 is 0. The van der Waals surface area contributed by atoms with Crippen molar-refractivity contribution in [2.24, 2.45) is 0 Å². The molecule has 2 nitrogen and oxygen atoms in total. The molecule has 1 amide bonds. The lowest BCUT2D eigenvalue weighted by Crippen LogP contribution is -2.21. The van der Waals surface area contributed by atoms with Gasteiger partial charge in [0.15, 0.2) is 0 Å². The van der Waals surface area contributed by atoms with Gasteiger partial charge in [0.2, 0.25) is 5.91 Å². The van der Waals surface area contributed by atoms with Crippen molar-refractivity contribution < 1.29 is 4.79 Å². The first kappa shape index (κ1) is 8.85. The van der Waals surface area contributed by atoms with E-state index < -0.39 is 0 Å². The van der Waals surface area contributed by atoms with Crippen LogP contribution in [0.4, 0.5) is 0 Å². The highest BCUT2D eigenvalue weighted by atomic mass is 16.1. The number of carbonyl (C=O) groups is 1. The molecule has 0 bridgehead atoms. The molecule has 0 aromatic heterocycles. The van der Waals surface area contributed by atoms with Gasteiger partial charge in [-0.3, -0.25) is 4.79 Å². The molecule has 0 aliphatic heterocycles. The Kier molecular flexibility index (Phi) is 3.39. The van der Waals surface area contributed by atoms with E-state index in [2.05, 4.69) is 5.32 Å². The highest BCUT2D eigenvalue weighted by molar-refractivity contribution is 6.19. The molecule has 12 heavy (non-hydrogen) atoms. The summed E-state index contributed by atoms with van der Waals surface area (Å²) in [5.41, 5.74) is 1.14. The first-order valence-electron chi connectivity index (χ1n) is 4.13. The largest absolute Gasteiger partial charge is 0.353 e. The van der Waals surface area contributed by atoms with Gasteiger partial charge in [-0.2, -0.15) is 0 Å². The molecule has 1 N–H and O–H groups in total. The quantitative estimate of drug-likeness (QED) is 0.637. The van der Waals surface area contributed by atoms with Crippen molar-refractivity contribution in [3.8, 4) is 0 Å². The van der Waals surface area contributed by atoms with E-state index in [0.29, 0.717) is 12.9 Å². The number of carbonyl (C=O) groups excluding carboxylic acids is 1.